The van der Waals surface area contributed by atoms with Crippen molar-refractivity contribution in [3.63, 3.8) is 0 Å². The molecule has 0 spiro atoms. The van der Waals surface area contributed by atoms with Gasteiger partial charge >= 0.3 is 36.1 Å². The summed E-state index contributed by atoms with van der Waals surface area (Å²) in [6.07, 6.45) is -1.49. The number of carbonyl (C=O) groups is 6. The number of halogens is 1. The molecule has 15 heteroatoms. The smallest absolute Gasteiger partial charge is 0.465 e. The third kappa shape index (κ3) is 16.5. The van der Waals surface area contributed by atoms with E-state index in [1.165, 1.54) is 27.8 Å². The van der Waals surface area contributed by atoms with E-state index in [-0.39, 0.29) is 19.2 Å². The molecular weight excluding hydrogens is 588 g/mol. The van der Waals surface area contributed by atoms with Gasteiger partial charge in [-0.1, -0.05) is 15.9 Å². The van der Waals surface area contributed by atoms with Gasteiger partial charge in [0.25, 0.3) is 0 Å². The largest absolute Gasteiger partial charge is 0.509 e. The zero-order valence-corrected chi connectivity index (χ0v) is 24.6. The van der Waals surface area contributed by atoms with E-state index in [4.69, 9.17) is 28.4 Å². The van der Waals surface area contributed by atoms with Crippen LogP contribution in [-0.2, 0) is 47.6 Å². The summed E-state index contributed by atoms with van der Waals surface area (Å²) in [7, 11) is 1.51. The maximum atomic E-state index is 12.5. The van der Waals surface area contributed by atoms with E-state index in [9.17, 15) is 28.8 Å². The van der Waals surface area contributed by atoms with Crippen LogP contribution < -0.4 is 10.6 Å². The molecule has 2 amide bonds. The van der Waals surface area contributed by atoms with Crippen molar-refractivity contribution in [3.05, 3.63) is 0 Å². The summed E-state index contributed by atoms with van der Waals surface area (Å²) < 4.78 is 29.9. The summed E-state index contributed by atoms with van der Waals surface area (Å²) in [5, 5.41) is 5.67. The Morgan fingerprint density at radius 1 is 0.795 bits per heavy atom. The number of urea groups is 1. The molecule has 0 rings (SSSR count). The lowest BCUT2D eigenvalue weighted by molar-refractivity contribution is -0.172. The molecule has 3 atom stereocenters. The van der Waals surface area contributed by atoms with Crippen molar-refractivity contribution in [1.82, 2.24) is 10.6 Å². The van der Waals surface area contributed by atoms with Crippen molar-refractivity contribution in [2.75, 3.05) is 45.4 Å². The van der Waals surface area contributed by atoms with Crippen LogP contribution in [0.5, 0.6) is 0 Å². The zero-order valence-electron chi connectivity index (χ0n) is 23.0. The quantitative estimate of drug-likeness (QED) is 0.0978. The number of alkyl halides is 1. The first-order valence-electron chi connectivity index (χ1n) is 12.4. The second kappa shape index (κ2) is 19.9. The Balaban J connectivity index is 4.54. The van der Waals surface area contributed by atoms with Crippen LogP contribution >= 0.6 is 15.9 Å². The van der Waals surface area contributed by atoms with Gasteiger partial charge in [0, 0.05) is 25.8 Å². The number of ether oxygens (including phenoxy) is 6. The molecule has 0 aromatic heterocycles. The molecule has 0 heterocycles. The number of carbonyl (C=O) groups excluding carboxylic acids is 6. The lowest BCUT2D eigenvalue weighted by Gasteiger charge is -2.26. The molecule has 14 nitrogen and oxygen atoms in total. The Morgan fingerprint density at radius 3 is 2.03 bits per heavy atom. The average molecular weight is 627 g/mol. The molecule has 224 valence electrons. The Kier molecular flexibility index (Phi) is 18.3. The fourth-order valence-corrected chi connectivity index (χ4v) is 2.79. The molecule has 0 saturated heterocycles. The van der Waals surface area contributed by atoms with E-state index in [1.807, 2.05) is 0 Å². The number of esters is 4. The van der Waals surface area contributed by atoms with Crippen molar-refractivity contribution < 1.29 is 57.2 Å². The number of amides is 2. The fourth-order valence-electron chi connectivity index (χ4n) is 2.56. The predicted octanol–water partition coefficient (Wildman–Crippen LogP) is 2.00. The predicted molar refractivity (Wildman–Crippen MR) is 139 cm³/mol. The van der Waals surface area contributed by atoms with Crippen LogP contribution in [0, 0.1) is 5.41 Å². The van der Waals surface area contributed by atoms with E-state index in [0.717, 1.165) is 6.92 Å². The van der Waals surface area contributed by atoms with Gasteiger partial charge in [0.15, 0.2) is 12.2 Å². The van der Waals surface area contributed by atoms with Gasteiger partial charge in [-0.3, -0.25) is 9.59 Å². The number of rotatable bonds is 18. The molecule has 39 heavy (non-hydrogen) atoms. The molecule has 0 aliphatic carbocycles. The highest BCUT2D eigenvalue weighted by Gasteiger charge is 2.39. The van der Waals surface area contributed by atoms with Crippen LogP contribution in [0.15, 0.2) is 0 Å². The number of hydrogen-bond acceptors (Lipinski definition) is 12. The van der Waals surface area contributed by atoms with Crippen molar-refractivity contribution in [3.8, 4) is 0 Å². The minimum atomic E-state index is -1.51. The van der Waals surface area contributed by atoms with Crippen molar-refractivity contribution in [1.29, 1.82) is 0 Å². The van der Waals surface area contributed by atoms with Crippen LogP contribution in [0.25, 0.3) is 0 Å². The second-order valence-corrected chi connectivity index (χ2v) is 9.42. The van der Waals surface area contributed by atoms with Gasteiger partial charge in [0.1, 0.15) is 18.6 Å². The van der Waals surface area contributed by atoms with Gasteiger partial charge in [-0.15, -0.1) is 0 Å². The standard InChI is InChI=1S/C24H39BrN2O12/c1-16(19(29)34-12-8-6-7-11-27-22(32)26-5)38-20(30)17(2)39-23(33)37-15-24(4,14-36-18(3)28)21(31)35-13-9-10-25/h16-17H,6-15H2,1-5H3,(H2,26,27,32). The minimum Gasteiger partial charge on any atom is -0.465 e. The van der Waals surface area contributed by atoms with E-state index in [1.54, 1.807) is 0 Å². The average Bonchev–Trinajstić information content (AvgIpc) is 2.89. The Bertz CT molecular complexity index is 825. The molecule has 2 N–H and O–H groups in total. The first-order valence-corrected chi connectivity index (χ1v) is 13.5. The molecule has 0 radical (unpaired) electrons. The van der Waals surface area contributed by atoms with Crippen LogP contribution in [-0.4, -0.2) is 93.6 Å². The summed E-state index contributed by atoms with van der Waals surface area (Å²) in [6.45, 7) is 4.77. The molecule has 3 unspecified atom stereocenters. The van der Waals surface area contributed by atoms with Crippen molar-refractivity contribution in [2.24, 2.45) is 5.41 Å². The van der Waals surface area contributed by atoms with Crippen molar-refractivity contribution in [2.45, 2.75) is 65.6 Å². The maximum Gasteiger partial charge on any atom is 0.509 e. The van der Waals surface area contributed by atoms with E-state index in [2.05, 4.69) is 26.6 Å². The van der Waals surface area contributed by atoms with E-state index in [0.29, 0.717) is 37.6 Å². The Hall–Kier alpha value is -3.10. The highest BCUT2D eigenvalue weighted by Crippen LogP contribution is 2.21. The first-order chi connectivity index (χ1) is 18.4. The summed E-state index contributed by atoms with van der Waals surface area (Å²) >= 11 is 3.21. The van der Waals surface area contributed by atoms with Gasteiger partial charge in [0.05, 0.1) is 13.2 Å². The second-order valence-electron chi connectivity index (χ2n) is 8.63. The fraction of sp³-hybridized carbons (Fsp3) is 0.750. The highest BCUT2D eigenvalue weighted by molar-refractivity contribution is 9.09. The monoisotopic (exact) mass is 626 g/mol. The first kappa shape index (κ1) is 35.9. The molecule has 0 aromatic carbocycles. The summed E-state index contributed by atoms with van der Waals surface area (Å²) in [4.78, 5) is 71.1. The number of unbranched alkanes of at least 4 members (excludes halogenated alkanes) is 2. The van der Waals surface area contributed by atoms with Crippen LogP contribution in [0.3, 0.4) is 0 Å². The minimum absolute atomic E-state index is 0.101. The van der Waals surface area contributed by atoms with Gasteiger partial charge < -0.3 is 39.1 Å². The lowest BCUT2D eigenvalue weighted by Crippen LogP contribution is -2.41. The van der Waals surface area contributed by atoms with E-state index < -0.39 is 60.9 Å². The molecule has 0 saturated carbocycles. The Labute approximate surface area is 236 Å². The van der Waals surface area contributed by atoms with E-state index >= 15 is 0 Å². The molecule has 0 bridgehead atoms. The summed E-state index contributed by atoms with van der Waals surface area (Å²) in [6, 6.07) is -0.276. The van der Waals surface area contributed by atoms with Crippen molar-refractivity contribution >= 4 is 52.0 Å². The normalized spacial score (nSPS) is 13.5. The molecule has 0 aliphatic heterocycles. The summed E-state index contributed by atoms with van der Waals surface area (Å²) in [5.74, 6) is -3.19. The SMILES string of the molecule is CNC(=O)NCCCCCOC(=O)C(C)OC(=O)C(C)OC(=O)OCC(C)(COC(C)=O)C(=O)OCCCBr. The maximum absolute atomic E-state index is 12.5. The number of nitrogens with one attached hydrogen (secondary N) is 2. The van der Waals surface area contributed by atoms with Gasteiger partial charge in [-0.05, 0) is 46.5 Å². The molecule has 0 aromatic rings. The zero-order chi connectivity index (χ0) is 29.8. The third-order valence-corrected chi connectivity index (χ3v) is 5.48. The van der Waals surface area contributed by atoms with Gasteiger partial charge in [0.2, 0.25) is 0 Å². The Morgan fingerprint density at radius 2 is 1.41 bits per heavy atom. The lowest BCUT2D eigenvalue weighted by atomic mass is 9.93. The highest BCUT2D eigenvalue weighted by atomic mass is 79.9. The van der Waals surface area contributed by atoms with Gasteiger partial charge in [-0.2, -0.15) is 0 Å². The van der Waals surface area contributed by atoms with Crippen LogP contribution in [0.1, 0.15) is 53.4 Å². The van der Waals surface area contributed by atoms with Crippen LogP contribution in [0.4, 0.5) is 9.59 Å². The molecule has 0 aliphatic rings. The summed E-state index contributed by atoms with van der Waals surface area (Å²) in [5.41, 5.74) is -1.51. The molecular formula is C24H39BrN2O12. The van der Waals surface area contributed by atoms with Gasteiger partial charge in [-0.25, -0.2) is 19.2 Å². The number of hydrogen-bond donors (Lipinski definition) is 2. The van der Waals surface area contributed by atoms with Crippen LogP contribution in [0.2, 0.25) is 0 Å². The topological polar surface area (TPSA) is 182 Å². The molecule has 0 fully saturated rings. The third-order valence-electron chi connectivity index (χ3n) is 4.91.